The number of aliphatic hydroxyl groups excluding tert-OH is 1. The molecule has 2 aromatic rings. The second-order valence-electron chi connectivity index (χ2n) is 6.71. The van der Waals surface area contributed by atoms with Gasteiger partial charge in [-0.05, 0) is 36.6 Å². The molecule has 0 bridgehead atoms. The van der Waals surface area contributed by atoms with E-state index in [0.29, 0.717) is 44.6 Å². The fourth-order valence-electron chi connectivity index (χ4n) is 3.38. The van der Waals surface area contributed by atoms with Gasteiger partial charge < -0.3 is 19.5 Å². The van der Waals surface area contributed by atoms with Gasteiger partial charge in [-0.25, -0.2) is 0 Å². The SMILES string of the molecule is CCC(O)c1cc2n(n1)CCN(C(=O)CCc1ccc3c(c1)OCO3)C2. The molecule has 0 fully saturated rings. The summed E-state index contributed by atoms with van der Waals surface area (Å²) in [5.41, 5.74) is 2.74. The quantitative estimate of drug-likeness (QED) is 0.886. The van der Waals surface area contributed by atoms with Gasteiger partial charge in [0.25, 0.3) is 0 Å². The number of benzene rings is 1. The normalized spacial score (nSPS) is 16.5. The molecule has 0 saturated heterocycles. The van der Waals surface area contributed by atoms with E-state index in [1.165, 1.54) is 0 Å². The Labute approximate surface area is 152 Å². The lowest BCUT2D eigenvalue weighted by atomic mass is 10.1. The standard InChI is InChI=1S/C19H23N3O4/c1-2-16(23)15-10-14-11-21(7-8-22(14)20-15)19(24)6-4-13-3-5-17-18(9-13)26-12-25-17/h3,5,9-10,16,23H,2,4,6-8,11-12H2,1H3. The Kier molecular flexibility index (Phi) is 4.55. The minimum absolute atomic E-state index is 0.132. The second-order valence-corrected chi connectivity index (χ2v) is 6.71. The van der Waals surface area contributed by atoms with Crippen LogP contribution in [-0.2, 0) is 24.3 Å². The van der Waals surface area contributed by atoms with E-state index in [0.717, 1.165) is 22.8 Å². The molecule has 7 heteroatoms. The van der Waals surface area contributed by atoms with Crippen molar-refractivity contribution in [1.82, 2.24) is 14.7 Å². The molecule has 2 aliphatic rings. The molecular formula is C19H23N3O4. The van der Waals surface area contributed by atoms with Crippen LogP contribution in [0.4, 0.5) is 0 Å². The van der Waals surface area contributed by atoms with Crippen LogP contribution in [0.1, 0.15) is 42.8 Å². The van der Waals surface area contributed by atoms with Gasteiger partial charge in [-0.15, -0.1) is 0 Å². The Morgan fingerprint density at radius 2 is 2.12 bits per heavy atom. The maximum Gasteiger partial charge on any atom is 0.231 e. The van der Waals surface area contributed by atoms with Crippen LogP contribution in [-0.4, -0.2) is 39.0 Å². The zero-order chi connectivity index (χ0) is 18.1. The van der Waals surface area contributed by atoms with Gasteiger partial charge in [-0.2, -0.15) is 5.10 Å². The van der Waals surface area contributed by atoms with Crippen LogP contribution >= 0.6 is 0 Å². The van der Waals surface area contributed by atoms with Gasteiger partial charge in [-0.1, -0.05) is 13.0 Å². The second kappa shape index (κ2) is 6.99. The Morgan fingerprint density at radius 1 is 1.27 bits per heavy atom. The Morgan fingerprint density at radius 3 is 2.96 bits per heavy atom. The first kappa shape index (κ1) is 16.9. The predicted octanol–water partition coefficient (Wildman–Crippen LogP) is 2.03. The van der Waals surface area contributed by atoms with Crippen molar-refractivity contribution in [2.45, 2.75) is 45.4 Å². The number of aliphatic hydroxyl groups is 1. The summed E-state index contributed by atoms with van der Waals surface area (Å²) in [6, 6.07) is 7.72. The molecule has 0 saturated carbocycles. The number of carbonyl (C=O) groups excluding carboxylic acids is 1. The lowest BCUT2D eigenvalue weighted by molar-refractivity contribution is -0.132. The fourth-order valence-corrected chi connectivity index (χ4v) is 3.38. The molecule has 1 atom stereocenters. The number of ether oxygens (including phenoxy) is 2. The number of aromatic nitrogens is 2. The summed E-state index contributed by atoms with van der Waals surface area (Å²) in [4.78, 5) is 14.5. The van der Waals surface area contributed by atoms with Gasteiger partial charge >= 0.3 is 0 Å². The highest BCUT2D eigenvalue weighted by atomic mass is 16.7. The predicted molar refractivity (Wildman–Crippen MR) is 93.8 cm³/mol. The molecular weight excluding hydrogens is 334 g/mol. The highest BCUT2D eigenvalue weighted by molar-refractivity contribution is 5.76. The molecule has 1 aromatic carbocycles. The van der Waals surface area contributed by atoms with Crippen molar-refractivity contribution in [1.29, 1.82) is 0 Å². The molecule has 1 N–H and O–H groups in total. The largest absolute Gasteiger partial charge is 0.454 e. The van der Waals surface area contributed by atoms with Crippen LogP contribution in [0.25, 0.3) is 0 Å². The lowest BCUT2D eigenvalue weighted by Crippen LogP contribution is -2.38. The molecule has 7 nitrogen and oxygen atoms in total. The molecule has 1 aromatic heterocycles. The number of amides is 1. The highest BCUT2D eigenvalue weighted by Crippen LogP contribution is 2.32. The first-order valence-electron chi connectivity index (χ1n) is 9.05. The van der Waals surface area contributed by atoms with E-state index in [-0.39, 0.29) is 12.7 Å². The number of nitrogens with zero attached hydrogens (tertiary/aromatic N) is 3. The Balaban J connectivity index is 1.36. The van der Waals surface area contributed by atoms with Gasteiger partial charge in [0.05, 0.1) is 30.6 Å². The number of hydrogen-bond acceptors (Lipinski definition) is 5. The van der Waals surface area contributed by atoms with Crippen LogP contribution in [0.15, 0.2) is 24.3 Å². The number of hydrogen-bond donors (Lipinski definition) is 1. The first-order chi connectivity index (χ1) is 12.6. The van der Waals surface area contributed by atoms with Gasteiger partial charge in [0.2, 0.25) is 12.7 Å². The number of carbonyl (C=O) groups is 1. The molecule has 3 heterocycles. The van der Waals surface area contributed by atoms with E-state index < -0.39 is 6.10 Å². The third-order valence-electron chi connectivity index (χ3n) is 4.96. The maximum atomic E-state index is 12.6. The van der Waals surface area contributed by atoms with Gasteiger partial charge in [0.1, 0.15) is 0 Å². The number of rotatable bonds is 5. The maximum absolute atomic E-state index is 12.6. The van der Waals surface area contributed by atoms with E-state index in [1.54, 1.807) is 0 Å². The Hall–Kier alpha value is -2.54. The molecule has 138 valence electrons. The van der Waals surface area contributed by atoms with Crippen LogP contribution in [0.3, 0.4) is 0 Å². The topological polar surface area (TPSA) is 76.8 Å². The summed E-state index contributed by atoms with van der Waals surface area (Å²) < 4.78 is 12.6. The summed E-state index contributed by atoms with van der Waals surface area (Å²) in [6.07, 6.45) is 1.22. The zero-order valence-corrected chi connectivity index (χ0v) is 14.9. The number of fused-ring (bicyclic) bond motifs is 2. The van der Waals surface area contributed by atoms with Crippen molar-refractivity contribution in [2.75, 3.05) is 13.3 Å². The summed E-state index contributed by atoms with van der Waals surface area (Å²) in [5, 5.41) is 14.4. The van der Waals surface area contributed by atoms with E-state index in [4.69, 9.17) is 9.47 Å². The minimum atomic E-state index is -0.539. The van der Waals surface area contributed by atoms with Crippen molar-refractivity contribution in [3.63, 3.8) is 0 Å². The fraction of sp³-hybridized carbons (Fsp3) is 0.474. The van der Waals surface area contributed by atoms with Gasteiger partial charge in [0.15, 0.2) is 11.5 Å². The van der Waals surface area contributed by atoms with Crippen LogP contribution in [0.2, 0.25) is 0 Å². The van der Waals surface area contributed by atoms with E-state index in [2.05, 4.69) is 5.10 Å². The van der Waals surface area contributed by atoms with Crippen LogP contribution in [0.5, 0.6) is 11.5 Å². The molecule has 1 unspecified atom stereocenters. The van der Waals surface area contributed by atoms with E-state index >= 15 is 0 Å². The van der Waals surface area contributed by atoms with Gasteiger partial charge in [0, 0.05) is 13.0 Å². The van der Waals surface area contributed by atoms with Crippen molar-refractivity contribution in [2.24, 2.45) is 0 Å². The average molecular weight is 357 g/mol. The van der Waals surface area contributed by atoms with Crippen LogP contribution < -0.4 is 9.47 Å². The van der Waals surface area contributed by atoms with E-state index in [9.17, 15) is 9.90 Å². The van der Waals surface area contributed by atoms with Crippen molar-refractivity contribution >= 4 is 5.91 Å². The monoisotopic (exact) mass is 357 g/mol. The average Bonchev–Trinajstić information content (AvgIpc) is 3.30. The zero-order valence-electron chi connectivity index (χ0n) is 14.9. The minimum Gasteiger partial charge on any atom is -0.454 e. The first-order valence-corrected chi connectivity index (χ1v) is 9.05. The molecule has 26 heavy (non-hydrogen) atoms. The molecule has 4 rings (SSSR count). The summed E-state index contributed by atoms with van der Waals surface area (Å²) in [6.45, 7) is 4.05. The van der Waals surface area contributed by atoms with Crippen molar-refractivity contribution < 1.29 is 19.4 Å². The van der Waals surface area contributed by atoms with Gasteiger partial charge in [-0.3, -0.25) is 9.48 Å². The third kappa shape index (κ3) is 3.26. The summed E-state index contributed by atoms with van der Waals surface area (Å²) >= 11 is 0. The molecule has 0 aliphatic carbocycles. The molecule has 2 aliphatic heterocycles. The third-order valence-corrected chi connectivity index (χ3v) is 4.96. The smallest absolute Gasteiger partial charge is 0.231 e. The van der Waals surface area contributed by atoms with Crippen LogP contribution in [0, 0.1) is 0 Å². The van der Waals surface area contributed by atoms with Crippen molar-refractivity contribution in [3.05, 3.63) is 41.2 Å². The van der Waals surface area contributed by atoms with Crippen molar-refractivity contribution in [3.8, 4) is 11.5 Å². The Bertz CT molecular complexity index is 817. The molecule has 0 radical (unpaired) electrons. The van der Waals surface area contributed by atoms with E-state index in [1.807, 2.05) is 40.8 Å². The number of aryl methyl sites for hydroxylation is 1. The highest BCUT2D eigenvalue weighted by Gasteiger charge is 2.23. The molecule has 1 amide bonds. The summed E-state index contributed by atoms with van der Waals surface area (Å²) in [5.74, 6) is 1.64. The summed E-state index contributed by atoms with van der Waals surface area (Å²) in [7, 11) is 0. The lowest BCUT2D eigenvalue weighted by Gasteiger charge is -2.27. The molecule has 0 spiro atoms.